The largest absolute Gasteiger partial charge is 0.384 e. The number of rotatable bonds is 3. The van der Waals surface area contributed by atoms with Crippen molar-refractivity contribution in [2.45, 2.75) is 41.0 Å². The van der Waals surface area contributed by atoms with Gasteiger partial charge in [0.25, 0.3) is 0 Å². The van der Waals surface area contributed by atoms with Crippen molar-refractivity contribution >= 4 is 32.5 Å². The Labute approximate surface area is 123 Å². The van der Waals surface area contributed by atoms with Crippen LogP contribution in [0, 0.1) is 27.7 Å². The van der Waals surface area contributed by atoms with E-state index >= 15 is 0 Å². The van der Waals surface area contributed by atoms with Crippen LogP contribution in [0.15, 0.2) is 10.5 Å². The van der Waals surface area contributed by atoms with Gasteiger partial charge in [0.1, 0.15) is 0 Å². The standard InChI is InChI=1S/C16H21BrN2/c1-6-7-18-16-10(3)12(5)19-13-8-9(2)15(17)11(4)14(13)16/h8H,6-7H2,1-5H3,(H,18,19). The van der Waals surface area contributed by atoms with E-state index in [2.05, 4.69) is 61.9 Å². The van der Waals surface area contributed by atoms with Crippen LogP contribution < -0.4 is 5.32 Å². The van der Waals surface area contributed by atoms with Crippen LogP contribution in [0.3, 0.4) is 0 Å². The Kier molecular flexibility index (Phi) is 4.14. The van der Waals surface area contributed by atoms with Crippen LogP contribution in [0.1, 0.15) is 35.7 Å². The van der Waals surface area contributed by atoms with Gasteiger partial charge in [0.05, 0.1) is 5.52 Å². The number of aryl methyl sites for hydroxylation is 3. The van der Waals surface area contributed by atoms with Gasteiger partial charge in [0.15, 0.2) is 0 Å². The normalized spacial score (nSPS) is 11.1. The van der Waals surface area contributed by atoms with E-state index in [4.69, 9.17) is 4.98 Å². The lowest BCUT2D eigenvalue weighted by Crippen LogP contribution is -2.06. The summed E-state index contributed by atoms with van der Waals surface area (Å²) in [6, 6.07) is 2.16. The summed E-state index contributed by atoms with van der Waals surface area (Å²) in [4.78, 5) is 4.75. The van der Waals surface area contributed by atoms with Crippen LogP contribution in [0.5, 0.6) is 0 Å². The summed E-state index contributed by atoms with van der Waals surface area (Å²) in [5.41, 5.74) is 7.18. The molecule has 0 unspecified atom stereocenters. The molecule has 1 aromatic carbocycles. The summed E-state index contributed by atoms with van der Waals surface area (Å²) in [6.45, 7) is 11.7. The molecule has 0 aliphatic heterocycles. The monoisotopic (exact) mass is 320 g/mol. The zero-order chi connectivity index (χ0) is 14.2. The number of anilines is 1. The van der Waals surface area contributed by atoms with Crippen molar-refractivity contribution in [3.63, 3.8) is 0 Å². The minimum atomic E-state index is 0.990. The molecule has 19 heavy (non-hydrogen) atoms. The number of nitrogens with zero attached hydrogens (tertiary/aromatic N) is 1. The van der Waals surface area contributed by atoms with Crippen LogP contribution >= 0.6 is 15.9 Å². The van der Waals surface area contributed by atoms with Gasteiger partial charge in [-0.05, 0) is 56.9 Å². The van der Waals surface area contributed by atoms with Gasteiger partial charge in [0.2, 0.25) is 0 Å². The van der Waals surface area contributed by atoms with E-state index in [-0.39, 0.29) is 0 Å². The Balaban J connectivity index is 2.82. The van der Waals surface area contributed by atoms with Gasteiger partial charge in [0, 0.05) is 27.8 Å². The minimum Gasteiger partial charge on any atom is -0.384 e. The second-order valence-corrected chi connectivity index (χ2v) is 5.94. The van der Waals surface area contributed by atoms with E-state index in [0.717, 1.165) is 24.2 Å². The minimum absolute atomic E-state index is 0.990. The van der Waals surface area contributed by atoms with Crippen LogP contribution in [-0.4, -0.2) is 11.5 Å². The molecule has 0 amide bonds. The number of hydrogen-bond donors (Lipinski definition) is 1. The third-order valence-corrected chi connectivity index (χ3v) is 4.89. The van der Waals surface area contributed by atoms with Crippen molar-refractivity contribution in [2.24, 2.45) is 0 Å². The Morgan fingerprint density at radius 1 is 1.16 bits per heavy atom. The summed E-state index contributed by atoms with van der Waals surface area (Å²) in [5, 5.41) is 4.82. The van der Waals surface area contributed by atoms with Crippen molar-refractivity contribution in [3.05, 3.63) is 32.9 Å². The average molecular weight is 321 g/mol. The smallest absolute Gasteiger partial charge is 0.0732 e. The summed E-state index contributed by atoms with van der Waals surface area (Å²) in [6.07, 6.45) is 1.12. The maximum absolute atomic E-state index is 4.75. The highest BCUT2D eigenvalue weighted by Gasteiger charge is 2.14. The first-order valence-electron chi connectivity index (χ1n) is 6.77. The molecule has 2 rings (SSSR count). The SMILES string of the molecule is CCCNc1c(C)c(C)nc2cc(C)c(Br)c(C)c12. The molecule has 1 aromatic heterocycles. The quantitative estimate of drug-likeness (QED) is 0.855. The molecule has 0 spiro atoms. The summed E-state index contributed by atoms with van der Waals surface area (Å²) in [7, 11) is 0. The van der Waals surface area contributed by atoms with Crippen LogP contribution in [-0.2, 0) is 0 Å². The lowest BCUT2D eigenvalue weighted by Gasteiger charge is -2.17. The Morgan fingerprint density at radius 3 is 2.47 bits per heavy atom. The van der Waals surface area contributed by atoms with E-state index in [0.29, 0.717) is 0 Å². The fourth-order valence-corrected chi connectivity index (χ4v) is 2.76. The summed E-state index contributed by atoms with van der Waals surface area (Å²) < 4.78 is 1.18. The van der Waals surface area contributed by atoms with Gasteiger partial charge in [-0.2, -0.15) is 0 Å². The lowest BCUT2D eigenvalue weighted by atomic mass is 10.0. The zero-order valence-electron chi connectivity index (χ0n) is 12.3. The van der Waals surface area contributed by atoms with Gasteiger partial charge in [-0.15, -0.1) is 0 Å². The predicted octanol–water partition coefficient (Wildman–Crippen LogP) is 5.05. The van der Waals surface area contributed by atoms with Crippen molar-refractivity contribution in [3.8, 4) is 0 Å². The topological polar surface area (TPSA) is 24.9 Å². The molecule has 0 bridgehead atoms. The molecule has 1 heterocycles. The highest BCUT2D eigenvalue weighted by Crippen LogP contribution is 2.35. The summed E-state index contributed by atoms with van der Waals surface area (Å²) >= 11 is 3.69. The molecule has 0 radical (unpaired) electrons. The van der Waals surface area contributed by atoms with Crippen molar-refractivity contribution in [2.75, 3.05) is 11.9 Å². The maximum atomic E-state index is 4.75. The van der Waals surface area contributed by atoms with Crippen molar-refractivity contribution in [1.29, 1.82) is 0 Å². The molecule has 0 saturated carbocycles. The second kappa shape index (κ2) is 5.49. The number of hydrogen-bond acceptors (Lipinski definition) is 2. The summed E-state index contributed by atoms with van der Waals surface area (Å²) in [5.74, 6) is 0. The van der Waals surface area contributed by atoms with Crippen molar-refractivity contribution in [1.82, 2.24) is 4.98 Å². The van der Waals surface area contributed by atoms with Crippen LogP contribution in [0.2, 0.25) is 0 Å². The number of benzene rings is 1. The first-order valence-corrected chi connectivity index (χ1v) is 7.57. The molecule has 0 saturated heterocycles. The second-order valence-electron chi connectivity index (χ2n) is 5.15. The van der Waals surface area contributed by atoms with Crippen LogP contribution in [0.25, 0.3) is 10.9 Å². The Bertz CT molecular complexity index is 627. The van der Waals surface area contributed by atoms with Gasteiger partial charge in [-0.3, -0.25) is 4.98 Å². The number of aromatic nitrogens is 1. The lowest BCUT2D eigenvalue weighted by molar-refractivity contribution is 0.976. The fraction of sp³-hybridized carbons (Fsp3) is 0.438. The highest BCUT2D eigenvalue weighted by molar-refractivity contribution is 9.10. The molecular formula is C16H21BrN2. The molecule has 2 nitrogen and oxygen atoms in total. The molecule has 0 aliphatic carbocycles. The van der Waals surface area contributed by atoms with E-state index in [1.165, 1.54) is 32.2 Å². The zero-order valence-corrected chi connectivity index (χ0v) is 13.9. The molecular weight excluding hydrogens is 300 g/mol. The third-order valence-electron chi connectivity index (χ3n) is 3.67. The highest BCUT2D eigenvalue weighted by atomic mass is 79.9. The maximum Gasteiger partial charge on any atom is 0.0732 e. The third kappa shape index (κ3) is 2.48. The number of pyridine rings is 1. The number of nitrogens with one attached hydrogen (secondary N) is 1. The molecule has 1 N–H and O–H groups in total. The number of halogens is 1. The number of fused-ring (bicyclic) bond motifs is 1. The molecule has 0 aliphatic rings. The predicted molar refractivity (Wildman–Crippen MR) is 87.2 cm³/mol. The van der Waals surface area contributed by atoms with Gasteiger partial charge >= 0.3 is 0 Å². The fourth-order valence-electron chi connectivity index (χ4n) is 2.45. The first-order chi connectivity index (χ1) is 8.97. The van der Waals surface area contributed by atoms with E-state index in [9.17, 15) is 0 Å². The van der Waals surface area contributed by atoms with Crippen LogP contribution in [0.4, 0.5) is 5.69 Å². The molecule has 0 atom stereocenters. The van der Waals surface area contributed by atoms with E-state index < -0.39 is 0 Å². The molecule has 2 aromatic rings. The molecule has 3 heteroatoms. The van der Waals surface area contributed by atoms with E-state index in [1.54, 1.807) is 0 Å². The van der Waals surface area contributed by atoms with Gasteiger partial charge in [-0.25, -0.2) is 0 Å². The Morgan fingerprint density at radius 2 is 1.84 bits per heavy atom. The first kappa shape index (κ1) is 14.3. The molecule has 0 fully saturated rings. The molecule has 102 valence electrons. The van der Waals surface area contributed by atoms with Gasteiger partial charge in [-0.1, -0.05) is 22.9 Å². The van der Waals surface area contributed by atoms with Crippen molar-refractivity contribution < 1.29 is 0 Å². The Hall–Kier alpha value is -1.09. The average Bonchev–Trinajstić information content (AvgIpc) is 2.37. The van der Waals surface area contributed by atoms with E-state index in [1.807, 2.05) is 0 Å². The van der Waals surface area contributed by atoms with Gasteiger partial charge < -0.3 is 5.32 Å².